The number of hydrogen-bond acceptors (Lipinski definition) is 4. The third kappa shape index (κ3) is 2.81. The summed E-state index contributed by atoms with van der Waals surface area (Å²) in [7, 11) is 3.47. The molecule has 0 N–H and O–H groups in total. The standard InChI is InChI=1S/C23H27N3O2/c1-13-10-24-16(4)22(13)19-8-20-18(9-21(19)28-6)23-17(11-25-20)7-14(2)26(23)15(3)12-27-5/h7-9,11,15H,10,12H2,1-6H3. The van der Waals surface area contributed by atoms with Crippen LogP contribution in [0.2, 0.25) is 0 Å². The number of hydrogen-bond donors (Lipinski definition) is 0. The number of allylic oxidation sites excluding steroid dienone is 1. The summed E-state index contributed by atoms with van der Waals surface area (Å²) in [5.41, 5.74) is 7.92. The molecular weight excluding hydrogens is 350 g/mol. The molecule has 1 unspecified atom stereocenters. The number of benzene rings is 1. The van der Waals surface area contributed by atoms with Crippen LogP contribution < -0.4 is 4.74 Å². The van der Waals surface area contributed by atoms with E-state index in [2.05, 4.69) is 55.5 Å². The van der Waals surface area contributed by atoms with Gasteiger partial charge in [0.15, 0.2) is 0 Å². The SMILES string of the molecule is COCC(C)n1c(C)cc2cnc3cc(C4=C(C)CN=C4C)c(OC)cc3c21. The summed E-state index contributed by atoms with van der Waals surface area (Å²) in [4.78, 5) is 9.35. The molecule has 28 heavy (non-hydrogen) atoms. The molecule has 0 fully saturated rings. The number of aryl methyl sites for hydroxylation is 1. The van der Waals surface area contributed by atoms with Crippen molar-refractivity contribution in [3.63, 3.8) is 0 Å². The van der Waals surface area contributed by atoms with Crippen molar-refractivity contribution in [2.75, 3.05) is 27.4 Å². The molecule has 1 aromatic carbocycles. The van der Waals surface area contributed by atoms with Gasteiger partial charge in [-0.25, -0.2) is 0 Å². The van der Waals surface area contributed by atoms with Gasteiger partial charge in [-0.1, -0.05) is 0 Å². The first-order valence-corrected chi connectivity index (χ1v) is 9.65. The molecule has 3 heterocycles. The van der Waals surface area contributed by atoms with Crippen molar-refractivity contribution in [3.05, 3.63) is 41.2 Å². The van der Waals surface area contributed by atoms with Crippen LogP contribution in [-0.4, -0.2) is 42.6 Å². The van der Waals surface area contributed by atoms with Crippen molar-refractivity contribution in [1.82, 2.24) is 9.55 Å². The minimum atomic E-state index is 0.230. The zero-order valence-corrected chi connectivity index (χ0v) is 17.5. The van der Waals surface area contributed by atoms with Crippen LogP contribution in [0.4, 0.5) is 0 Å². The fraction of sp³-hybridized carbons (Fsp3) is 0.391. The maximum absolute atomic E-state index is 5.82. The van der Waals surface area contributed by atoms with Crippen molar-refractivity contribution in [2.45, 2.75) is 33.7 Å². The number of methoxy groups -OCH3 is 2. The monoisotopic (exact) mass is 377 g/mol. The van der Waals surface area contributed by atoms with E-state index in [1.165, 1.54) is 22.4 Å². The Morgan fingerprint density at radius 1 is 1.14 bits per heavy atom. The summed E-state index contributed by atoms with van der Waals surface area (Å²) in [6, 6.07) is 6.69. The van der Waals surface area contributed by atoms with Gasteiger partial charge in [-0.2, -0.15) is 0 Å². The van der Waals surface area contributed by atoms with Gasteiger partial charge in [0.1, 0.15) is 5.75 Å². The molecule has 0 aliphatic carbocycles. The Kier molecular flexibility index (Phi) is 4.71. The molecule has 0 amide bonds. The summed E-state index contributed by atoms with van der Waals surface area (Å²) in [6.45, 7) is 9.93. The number of ether oxygens (including phenoxy) is 2. The minimum Gasteiger partial charge on any atom is -0.496 e. The van der Waals surface area contributed by atoms with E-state index >= 15 is 0 Å². The maximum atomic E-state index is 5.82. The van der Waals surface area contributed by atoms with Crippen LogP contribution in [0, 0.1) is 6.92 Å². The lowest BCUT2D eigenvalue weighted by Gasteiger charge is -2.18. The molecule has 0 saturated carbocycles. The van der Waals surface area contributed by atoms with Gasteiger partial charge >= 0.3 is 0 Å². The van der Waals surface area contributed by atoms with Gasteiger partial charge in [0.05, 0.1) is 37.3 Å². The quantitative estimate of drug-likeness (QED) is 0.631. The van der Waals surface area contributed by atoms with Crippen molar-refractivity contribution in [2.24, 2.45) is 4.99 Å². The lowest BCUT2D eigenvalue weighted by Crippen LogP contribution is -2.12. The highest BCUT2D eigenvalue weighted by atomic mass is 16.5. The number of pyridine rings is 1. The summed E-state index contributed by atoms with van der Waals surface area (Å²) >= 11 is 0. The van der Waals surface area contributed by atoms with Crippen LogP contribution in [0.25, 0.3) is 27.4 Å². The van der Waals surface area contributed by atoms with Crippen molar-refractivity contribution in [3.8, 4) is 5.75 Å². The smallest absolute Gasteiger partial charge is 0.127 e. The zero-order valence-electron chi connectivity index (χ0n) is 17.5. The van der Waals surface area contributed by atoms with E-state index in [9.17, 15) is 0 Å². The van der Waals surface area contributed by atoms with E-state index in [1.54, 1.807) is 14.2 Å². The van der Waals surface area contributed by atoms with Gasteiger partial charge in [-0.15, -0.1) is 0 Å². The lowest BCUT2D eigenvalue weighted by atomic mass is 9.96. The average Bonchev–Trinajstić information content (AvgIpc) is 3.19. The van der Waals surface area contributed by atoms with Gasteiger partial charge < -0.3 is 14.0 Å². The summed E-state index contributed by atoms with van der Waals surface area (Å²) in [5.74, 6) is 0.859. The molecule has 0 spiro atoms. The first kappa shape index (κ1) is 18.7. The second-order valence-electron chi connectivity index (χ2n) is 7.65. The number of aromatic nitrogens is 2. The molecule has 4 rings (SSSR count). The van der Waals surface area contributed by atoms with E-state index in [0.717, 1.165) is 39.9 Å². The van der Waals surface area contributed by atoms with Crippen LogP contribution in [0.5, 0.6) is 5.75 Å². The molecule has 0 saturated heterocycles. The zero-order chi connectivity index (χ0) is 20.0. The van der Waals surface area contributed by atoms with Crippen LogP contribution in [0.3, 0.4) is 0 Å². The Bertz CT molecular complexity index is 1140. The highest BCUT2D eigenvalue weighted by Gasteiger charge is 2.21. The number of aliphatic imine (C=N–C) groups is 1. The predicted octanol–water partition coefficient (Wildman–Crippen LogP) is 4.96. The molecule has 0 bridgehead atoms. The lowest BCUT2D eigenvalue weighted by molar-refractivity contribution is 0.163. The molecule has 3 aromatic rings. The molecule has 1 aliphatic rings. The van der Waals surface area contributed by atoms with E-state index in [1.807, 2.05) is 6.20 Å². The van der Waals surface area contributed by atoms with Crippen molar-refractivity contribution in [1.29, 1.82) is 0 Å². The van der Waals surface area contributed by atoms with E-state index in [-0.39, 0.29) is 6.04 Å². The fourth-order valence-corrected chi connectivity index (χ4v) is 4.44. The molecule has 1 atom stereocenters. The molecule has 0 radical (unpaired) electrons. The van der Waals surface area contributed by atoms with E-state index in [0.29, 0.717) is 6.61 Å². The number of fused-ring (bicyclic) bond motifs is 3. The predicted molar refractivity (Wildman–Crippen MR) is 116 cm³/mol. The third-order valence-electron chi connectivity index (χ3n) is 5.63. The topological polar surface area (TPSA) is 48.6 Å². The fourth-order valence-electron chi connectivity index (χ4n) is 4.44. The Morgan fingerprint density at radius 3 is 2.57 bits per heavy atom. The average molecular weight is 377 g/mol. The molecule has 5 nitrogen and oxygen atoms in total. The number of rotatable bonds is 5. The Hall–Kier alpha value is -2.66. The summed E-state index contributed by atoms with van der Waals surface area (Å²) in [6.07, 6.45) is 1.97. The molecule has 2 aromatic heterocycles. The number of nitrogens with zero attached hydrogens (tertiary/aromatic N) is 3. The highest BCUT2D eigenvalue weighted by molar-refractivity contribution is 6.26. The van der Waals surface area contributed by atoms with Crippen molar-refractivity contribution < 1.29 is 9.47 Å². The van der Waals surface area contributed by atoms with Crippen LogP contribution >= 0.6 is 0 Å². The van der Waals surface area contributed by atoms with Gasteiger partial charge in [0, 0.05) is 46.6 Å². The molecule has 146 valence electrons. The van der Waals surface area contributed by atoms with E-state index < -0.39 is 0 Å². The van der Waals surface area contributed by atoms with Crippen molar-refractivity contribution >= 4 is 33.1 Å². The second kappa shape index (κ2) is 7.06. The maximum Gasteiger partial charge on any atom is 0.127 e. The highest BCUT2D eigenvalue weighted by Crippen LogP contribution is 2.38. The van der Waals surface area contributed by atoms with E-state index in [4.69, 9.17) is 14.5 Å². The minimum absolute atomic E-state index is 0.230. The first-order valence-electron chi connectivity index (χ1n) is 9.65. The summed E-state index contributed by atoms with van der Waals surface area (Å²) < 4.78 is 13.6. The van der Waals surface area contributed by atoms with Gasteiger partial charge in [-0.3, -0.25) is 9.98 Å². The largest absolute Gasteiger partial charge is 0.496 e. The molecular formula is C23H27N3O2. The van der Waals surface area contributed by atoms with Gasteiger partial charge in [-0.05, 0) is 51.5 Å². The molecule has 5 heteroatoms. The second-order valence-corrected chi connectivity index (χ2v) is 7.65. The Labute approximate surface area is 165 Å². The summed E-state index contributed by atoms with van der Waals surface area (Å²) in [5, 5.41) is 2.23. The normalized spacial score (nSPS) is 15.6. The van der Waals surface area contributed by atoms with Crippen LogP contribution in [0.1, 0.15) is 38.1 Å². The van der Waals surface area contributed by atoms with Gasteiger partial charge in [0.25, 0.3) is 0 Å². The first-order chi connectivity index (χ1) is 13.5. The Morgan fingerprint density at radius 2 is 1.93 bits per heavy atom. The van der Waals surface area contributed by atoms with Crippen LogP contribution in [0.15, 0.2) is 35.0 Å². The van der Waals surface area contributed by atoms with Gasteiger partial charge in [0.2, 0.25) is 0 Å². The van der Waals surface area contributed by atoms with Crippen LogP contribution in [-0.2, 0) is 4.74 Å². The third-order valence-corrected chi connectivity index (χ3v) is 5.63. The molecule has 1 aliphatic heterocycles. The Balaban J connectivity index is 2.03.